The number of rotatable bonds is 4. The van der Waals surface area contributed by atoms with Crippen LogP contribution in [0.1, 0.15) is 29.6 Å². The fraction of sp³-hybridized carbons (Fsp3) is 0.500. The number of ether oxygens (including phenoxy) is 1. The Morgan fingerprint density at radius 1 is 1.65 bits per heavy atom. The third-order valence-corrected chi connectivity index (χ3v) is 2.82. The summed E-state index contributed by atoms with van der Waals surface area (Å²) in [6.07, 6.45) is 5.99. The topological polar surface area (TPSA) is 71.5 Å². The molecule has 5 heteroatoms. The molecule has 0 radical (unpaired) electrons. The zero-order valence-electron chi connectivity index (χ0n) is 9.56. The second kappa shape index (κ2) is 5.63. The van der Waals surface area contributed by atoms with Crippen LogP contribution in [0, 0.1) is 0 Å². The minimum absolute atomic E-state index is 0.0953. The molecule has 5 nitrogen and oxygen atoms in total. The van der Waals surface area contributed by atoms with Crippen molar-refractivity contribution in [3.63, 3.8) is 0 Å². The molecule has 1 saturated heterocycles. The minimum Gasteiger partial charge on any atom is -0.505 e. The highest BCUT2D eigenvalue weighted by Gasteiger charge is 2.16. The van der Waals surface area contributed by atoms with Gasteiger partial charge in [-0.25, -0.2) is 0 Å². The van der Waals surface area contributed by atoms with E-state index in [0.717, 1.165) is 25.9 Å². The maximum absolute atomic E-state index is 11.7. The molecule has 0 aromatic carbocycles. The van der Waals surface area contributed by atoms with E-state index in [0.29, 0.717) is 6.54 Å². The van der Waals surface area contributed by atoms with Crippen molar-refractivity contribution in [2.24, 2.45) is 0 Å². The van der Waals surface area contributed by atoms with Crippen LogP contribution in [0.25, 0.3) is 0 Å². The highest BCUT2D eigenvalue weighted by atomic mass is 16.5. The van der Waals surface area contributed by atoms with Gasteiger partial charge in [0.1, 0.15) is 5.75 Å². The molecule has 1 aromatic rings. The first kappa shape index (κ1) is 11.9. The van der Waals surface area contributed by atoms with Crippen LogP contribution >= 0.6 is 0 Å². The Hall–Kier alpha value is -1.62. The molecule has 1 amide bonds. The van der Waals surface area contributed by atoms with Crippen molar-refractivity contribution in [3.05, 3.63) is 24.0 Å². The van der Waals surface area contributed by atoms with Crippen molar-refractivity contribution in [2.75, 3.05) is 13.2 Å². The van der Waals surface area contributed by atoms with Gasteiger partial charge >= 0.3 is 0 Å². The highest BCUT2D eigenvalue weighted by molar-refractivity contribution is 5.96. The number of nitrogens with zero attached hydrogens (tertiary/aromatic N) is 1. The van der Waals surface area contributed by atoms with E-state index in [1.165, 1.54) is 18.5 Å². The number of aromatic hydroxyl groups is 1. The number of pyridine rings is 1. The van der Waals surface area contributed by atoms with Gasteiger partial charge in [0, 0.05) is 19.3 Å². The molecule has 0 aliphatic carbocycles. The Balaban J connectivity index is 1.79. The van der Waals surface area contributed by atoms with Crippen molar-refractivity contribution in [3.8, 4) is 5.75 Å². The Bertz CT molecular complexity index is 389. The summed E-state index contributed by atoms with van der Waals surface area (Å²) >= 11 is 0. The summed E-state index contributed by atoms with van der Waals surface area (Å²) in [5, 5.41) is 12.2. The largest absolute Gasteiger partial charge is 0.505 e. The lowest BCUT2D eigenvalue weighted by Crippen LogP contribution is -2.27. The van der Waals surface area contributed by atoms with Gasteiger partial charge in [0.25, 0.3) is 5.91 Å². The standard InChI is InChI=1S/C12H16N2O3/c15-11-8-13-5-4-10(11)12(16)14-6-3-9-2-1-7-17-9/h4-5,8-9,15H,1-3,6-7H2,(H,14,16). The first-order chi connectivity index (χ1) is 8.27. The summed E-state index contributed by atoms with van der Waals surface area (Å²) in [6, 6.07) is 1.50. The van der Waals surface area contributed by atoms with Crippen molar-refractivity contribution in [2.45, 2.75) is 25.4 Å². The van der Waals surface area contributed by atoms with E-state index in [1.807, 2.05) is 0 Å². The van der Waals surface area contributed by atoms with Crippen molar-refractivity contribution < 1.29 is 14.6 Å². The van der Waals surface area contributed by atoms with Gasteiger partial charge in [-0.2, -0.15) is 0 Å². The molecule has 1 unspecified atom stereocenters. The van der Waals surface area contributed by atoms with Crippen LogP contribution in [-0.2, 0) is 4.74 Å². The lowest BCUT2D eigenvalue weighted by Gasteiger charge is -2.10. The molecule has 1 atom stereocenters. The molecule has 92 valence electrons. The quantitative estimate of drug-likeness (QED) is 0.820. The molecule has 1 fully saturated rings. The Kier molecular flexibility index (Phi) is 3.93. The molecule has 2 rings (SSSR count). The first-order valence-corrected chi connectivity index (χ1v) is 5.80. The van der Waals surface area contributed by atoms with E-state index in [2.05, 4.69) is 10.3 Å². The molecule has 0 spiro atoms. The summed E-state index contributed by atoms with van der Waals surface area (Å²) in [6.45, 7) is 1.38. The van der Waals surface area contributed by atoms with Crippen molar-refractivity contribution in [1.29, 1.82) is 0 Å². The average molecular weight is 236 g/mol. The summed E-state index contributed by atoms with van der Waals surface area (Å²) in [5.74, 6) is -0.370. The number of amides is 1. The van der Waals surface area contributed by atoms with Gasteiger partial charge in [0.15, 0.2) is 0 Å². The van der Waals surface area contributed by atoms with Crippen LogP contribution in [-0.4, -0.2) is 35.3 Å². The summed E-state index contributed by atoms with van der Waals surface area (Å²) in [5.41, 5.74) is 0.257. The molecule has 17 heavy (non-hydrogen) atoms. The zero-order chi connectivity index (χ0) is 12.1. The molecule has 1 aliphatic heterocycles. The predicted molar refractivity (Wildman–Crippen MR) is 61.8 cm³/mol. The van der Waals surface area contributed by atoms with Gasteiger partial charge < -0.3 is 15.2 Å². The molecule has 0 bridgehead atoms. The van der Waals surface area contributed by atoms with Gasteiger partial charge in [-0.3, -0.25) is 9.78 Å². The smallest absolute Gasteiger partial charge is 0.255 e. The van der Waals surface area contributed by atoms with Crippen LogP contribution < -0.4 is 5.32 Å². The molecular weight excluding hydrogens is 220 g/mol. The number of hydrogen-bond donors (Lipinski definition) is 2. The summed E-state index contributed by atoms with van der Waals surface area (Å²) < 4.78 is 5.45. The first-order valence-electron chi connectivity index (χ1n) is 5.80. The monoisotopic (exact) mass is 236 g/mol. The molecule has 2 N–H and O–H groups in total. The third-order valence-electron chi connectivity index (χ3n) is 2.82. The van der Waals surface area contributed by atoms with E-state index in [4.69, 9.17) is 4.74 Å². The number of hydrogen-bond acceptors (Lipinski definition) is 4. The average Bonchev–Trinajstić information content (AvgIpc) is 2.82. The van der Waals surface area contributed by atoms with Gasteiger partial charge in [-0.15, -0.1) is 0 Å². The fourth-order valence-corrected chi connectivity index (χ4v) is 1.89. The molecule has 2 heterocycles. The Morgan fingerprint density at radius 3 is 3.24 bits per heavy atom. The second-order valence-electron chi connectivity index (χ2n) is 4.07. The highest BCUT2D eigenvalue weighted by Crippen LogP contribution is 2.15. The fourth-order valence-electron chi connectivity index (χ4n) is 1.89. The maximum Gasteiger partial charge on any atom is 0.255 e. The predicted octanol–water partition coefficient (Wildman–Crippen LogP) is 1.09. The zero-order valence-corrected chi connectivity index (χ0v) is 9.56. The number of nitrogens with one attached hydrogen (secondary N) is 1. The second-order valence-corrected chi connectivity index (χ2v) is 4.07. The SMILES string of the molecule is O=C(NCCC1CCCO1)c1ccncc1O. The maximum atomic E-state index is 11.7. The third kappa shape index (κ3) is 3.17. The van der Waals surface area contributed by atoms with E-state index in [1.54, 1.807) is 0 Å². The van der Waals surface area contributed by atoms with Gasteiger partial charge in [-0.1, -0.05) is 0 Å². The van der Waals surface area contributed by atoms with Crippen LogP contribution in [0.5, 0.6) is 5.75 Å². The van der Waals surface area contributed by atoms with Crippen molar-refractivity contribution >= 4 is 5.91 Å². The van der Waals surface area contributed by atoms with Crippen LogP contribution in [0.4, 0.5) is 0 Å². The number of aromatic nitrogens is 1. The van der Waals surface area contributed by atoms with E-state index >= 15 is 0 Å². The van der Waals surface area contributed by atoms with Crippen LogP contribution in [0.15, 0.2) is 18.5 Å². The van der Waals surface area contributed by atoms with Gasteiger partial charge in [0.2, 0.25) is 0 Å². The summed E-state index contributed by atoms with van der Waals surface area (Å²) in [7, 11) is 0. The molecule has 0 saturated carbocycles. The molecule has 1 aliphatic rings. The van der Waals surface area contributed by atoms with Crippen LogP contribution in [0.3, 0.4) is 0 Å². The Morgan fingerprint density at radius 2 is 2.53 bits per heavy atom. The molecular formula is C12H16N2O3. The van der Waals surface area contributed by atoms with E-state index in [-0.39, 0.29) is 23.3 Å². The normalized spacial score (nSPS) is 19.2. The van der Waals surface area contributed by atoms with Crippen LogP contribution in [0.2, 0.25) is 0 Å². The van der Waals surface area contributed by atoms with E-state index < -0.39 is 0 Å². The number of carbonyl (C=O) groups excluding carboxylic acids is 1. The van der Waals surface area contributed by atoms with Crippen molar-refractivity contribution in [1.82, 2.24) is 10.3 Å². The van der Waals surface area contributed by atoms with Gasteiger partial charge in [0.05, 0.1) is 17.9 Å². The lowest BCUT2D eigenvalue weighted by atomic mass is 10.2. The number of carbonyl (C=O) groups is 1. The molecule has 1 aromatic heterocycles. The Labute approximate surface area is 99.8 Å². The lowest BCUT2D eigenvalue weighted by molar-refractivity contribution is 0.0905. The van der Waals surface area contributed by atoms with Gasteiger partial charge in [-0.05, 0) is 25.3 Å². The summed E-state index contributed by atoms with van der Waals surface area (Å²) in [4.78, 5) is 15.4. The minimum atomic E-state index is -0.275. The van der Waals surface area contributed by atoms with E-state index in [9.17, 15) is 9.90 Å².